The van der Waals surface area contributed by atoms with Gasteiger partial charge in [-0.05, 0) is 78.7 Å². The second kappa shape index (κ2) is 16.7. The molecule has 3 saturated heterocycles. The molecule has 3 aromatic rings. The summed E-state index contributed by atoms with van der Waals surface area (Å²) in [5.74, 6) is -2.48. The smallest absolute Gasteiger partial charge is 0.392 e. The van der Waals surface area contributed by atoms with Crippen LogP contribution in [-0.2, 0) is 32.2 Å². The van der Waals surface area contributed by atoms with Crippen molar-refractivity contribution in [3.8, 4) is 11.1 Å². The van der Waals surface area contributed by atoms with E-state index in [1.165, 1.54) is 32.1 Å². The van der Waals surface area contributed by atoms with E-state index in [0.29, 0.717) is 11.3 Å². The molecule has 2 amide bonds. The Kier molecular flexibility index (Phi) is 12.1. The van der Waals surface area contributed by atoms with Crippen molar-refractivity contribution in [2.45, 2.75) is 95.7 Å². The Hall–Kier alpha value is -3.77. The lowest BCUT2D eigenvalue weighted by atomic mass is 9.89. The van der Waals surface area contributed by atoms with Crippen molar-refractivity contribution in [3.05, 3.63) is 95.1 Å². The number of amides is 2. The number of hydrogen-bond donors (Lipinski definition) is 2. The van der Waals surface area contributed by atoms with Gasteiger partial charge >= 0.3 is 12.1 Å². The van der Waals surface area contributed by atoms with Crippen molar-refractivity contribution >= 4 is 11.8 Å². The van der Waals surface area contributed by atoms with E-state index in [-0.39, 0.29) is 44.2 Å². The first-order valence-corrected chi connectivity index (χ1v) is 18.2. The molecule has 5 unspecified atom stereocenters. The molecule has 0 saturated carbocycles. The molecule has 3 fully saturated rings. The first kappa shape index (κ1) is 37.0. The Morgan fingerprint density at radius 2 is 1.51 bits per heavy atom. The molecule has 0 aromatic heterocycles. The lowest BCUT2D eigenvalue weighted by Gasteiger charge is -2.43. The third-order valence-electron chi connectivity index (χ3n) is 10.5. The van der Waals surface area contributed by atoms with E-state index in [4.69, 9.17) is 9.47 Å². The molecule has 0 radical (unpaired) electrons. The van der Waals surface area contributed by atoms with Crippen LogP contribution in [-0.4, -0.2) is 71.2 Å². The van der Waals surface area contributed by atoms with E-state index in [9.17, 15) is 27.9 Å². The molecule has 3 heterocycles. The van der Waals surface area contributed by atoms with Crippen molar-refractivity contribution in [1.29, 1.82) is 0 Å². The molecule has 51 heavy (non-hydrogen) atoms. The summed E-state index contributed by atoms with van der Waals surface area (Å²) in [6.45, 7) is 5.13. The summed E-state index contributed by atoms with van der Waals surface area (Å²) in [6, 6.07) is 22.4. The Labute approximate surface area is 297 Å². The zero-order chi connectivity index (χ0) is 36.0. The molecule has 2 N–H and O–H groups in total. The number of aliphatic hydroxyl groups excluding tert-OH is 1. The maximum Gasteiger partial charge on any atom is 0.471 e. The molecule has 3 aliphatic heterocycles. The molecular weight excluding hydrogens is 659 g/mol. The van der Waals surface area contributed by atoms with Crippen molar-refractivity contribution in [2.75, 3.05) is 26.2 Å². The van der Waals surface area contributed by atoms with Crippen LogP contribution in [0.1, 0.15) is 86.5 Å². The summed E-state index contributed by atoms with van der Waals surface area (Å²) in [7, 11) is 0. The topological polar surface area (TPSA) is 91.3 Å². The van der Waals surface area contributed by atoms with Crippen LogP contribution in [0.3, 0.4) is 0 Å². The number of rotatable bonds is 9. The molecule has 6 rings (SSSR count). The molecule has 3 aliphatic rings. The van der Waals surface area contributed by atoms with Gasteiger partial charge in [-0.1, -0.05) is 86.8 Å². The SMILES string of the molecule is CC1C(CN2CCCCCCC2)OC(c2cccc(-c3cccc(CNC(=O)C4CCCN4C(=O)C(F)(F)F)c3)c2)OC1c1ccc(CO)cc1. The van der Waals surface area contributed by atoms with Crippen molar-refractivity contribution in [2.24, 2.45) is 5.92 Å². The Morgan fingerprint density at radius 1 is 0.824 bits per heavy atom. The third kappa shape index (κ3) is 9.18. The predicted octanol–water partition coefficient (Wildman–Crippen LogP) is 7.07. The molecule has 3 aromatic carbocycles. The van der Waals surface area contributed by atoms with Crippen LogP contribution in [0.4, 0.5) is 13.2 Å². The highest BCUT2D eigenvalue weighted by Crippen LogP contribution is 2.42. The lowest BCUT2D eigenvalue weighted by molar-refractivity contribution is -0.276. The number of carbonyl (C=O) groups excluding carboxylic acids is 2. The average Bonchev–Trinajstić information content (AvgIpc) is 3.62. The summed E-state index contributed by atoms with van der Waals surface area (Å²) in [5.41, 5.74) is 5.36. The molecule has 5 atom stereocenters. The number of hydrogen-bond acceptors (Lipinski definition) is 6. The Morgan fingerprint density at radius 3 is 2.22 bits per heavy atom. The number of carbonyl (C=O) groups is 2. The maximum absolute atomic E-state index is 13.1. The van der Waals surface area contributed by atoms with Gasteiger partial charge in [0.25, 0.3) is 0 Å². The summed E-state index contributed by atoms with van der Waals surface area (Å²) >= 11 is 0. The van der Waals surface area contributed by atoms with E-state index in [1.807, 2.05) is 66.7 Å². The fourth-order valence-corrected chi connectivity index (χ4v) is 7.56. The van der Waals surface area contributed by atoms with Crippen LogP contribution >= 0.6 is 0 Å². The minimum atomic E-state index is -5.02. The largest absolute Gasteiger partial charge is 0.471 e. The lowest BCUT2D eigenvalue weighted by Crippen LogP contribution is -2.50. The van der Waals surface area contributed by atoms with Gasteiger partial charge in [-0.2, -0.15) is 13.2 Å². The summed E-state index contributed by atoms with van der Waals surface area (Å²) in [5, 5.41) is 12.4. The summed E-state index contributed by atoms with van der Waals surface area (Å²) in [4.78, 5) is 27.9. The van der Waals surface area contributed by atoms with E-state index < -0.39 is 30.3 Å². The van der Waals surface area contributed by atoms with Crippen LogP contribution in [0.25, 0.3) is 11.1 Å². The average molecular weight is 708 g/mol. The van der Waals surface area contributed by atoms with Gasteiger partial charge in [0.2, 0.25) is 5.91 Å². The van der Waals surface area contributed by atoms with Gasteiger partial charge in [-0.25, -0.2) is 0 Å². The number of halogens is 3. The number of likely N-dealkylation sites (tertiary alicyclic amines) is 2. The molecule has 274 valence electrons. The molecule has 0 spiro atoms. The highest BCUT2D eigenvalue weighted by atomic mass is 19.4. The molecule has 8 nitrogen and oxygen atoms in total. The van der Waals surface area contributed by atoms with Crippen LogP contribution in [0.15, 0.2) is 72.8 Å². The number of nitrogens with zero attached hydrogens (tertiary/aromatic N) is 2. The highest BCUT2D eigenvalue weighted by molar-refractivity contribution is 5.90. The van der Waals surface area contributed by atoms with E-state index in [1.54, 1.807) is 0 Å². The van der Waals surface area contributed by atoms with Crippen molar-refractivity contribution < 1.29 is 37.3 Å². The van der Waals surface area contributed by atoms with Gasteiger partial charge in [0.1, 0.15) is 6.04 Å². The highest BCUT2D eigenvalue weighted by Gasteiger charge is 2.47. The predicted molar refractivity (Wildman–Crippen MR) is 187 cm³/mol. The number of ether oxygens (including phenoxy) is 2. The molecule has 11 heteroatoms. The fraction of sp³-hybridized carbons (Fsp3) is 0.500. The Bertz CT molecular complexity index is 1630. The van der Waals surface area contributed by atoms with Crippen LogP contribution in [0, 0.1) is 5.92 Å². The van der Waals surface area contributed by atoms with Gasteiger partial charge < -0.3 is 29.7 Å². The maximum atomic E-state index is 13.1. The molecule has 0 bridgehead atoms. The zero-order valence-electron chi connectivity index (χ0n) is 29.1. The van der Waals surface area contributed by atoms with Crippen molar-refractivity contribution in [3.63, 3.8) is 0 Å². The minimum absolute atomic E-state index is 0.0207. The Balaban J connectivity index is 1.18. The zero-order valence-corrected chi connectivity index (χ0v) is 29.1. The minimum Gasteiger partial charge on any atom is -0.392 e. The van der Waals surface area contributed by atoms with E-state index in [2.05, 4.69) is 23.2 Å². The van der Waals surface area contributed by atoms with E-state index in [0.717, 1.165) is 53.0 Å². The van der Waals surface area contributed by atoms with Gasteiger partial charge in [0, 0.05) is 31.1 Å². The second-order valence-corrected chi connectivity index (χ2v) is 14.1. The standard InChI is InChI=1S/C40H48F3N3O5/c1-27-35(25-45-19-5-3-2-4-6-20-45)50-38(51-36(27)30-17-15-28(26-47)16-18-30)33-13-8-12-32(23-33)31-11-7-10-29(22-31)24-44-37(48)34-14-9-21-46(34)39(49)40(41,42)43/h7-8,10-13,15-18,22-23,27,34-36,38,47H,2-6,9,14,19-21,24-26H2,1H3,(H,44,48). The molecular formula is C40H48F3N3O5. The molecule has 0 aliphatic carbocycles. The summed E-state index contributed by atoms with van der Waals surface area (Å²) in [6.07, 6.45) is 0.815. The van der Waals surface area contributed by atoms with Gasteiger partial charge in [0.15, 0.2) is 6.29 Å². The first-order chi connectivity index (χ1) is 24.6. The van der Waals surface area contributed by atoms with Gasteiger partial charge in [-0.3, -0.25) is 9.59 Å². The quantitative estimate of drug-likeness (QED) is 0.247. The van der Waals surface area contributed by atoms with Crippen LogP contribution in [0.2, 0.25) is 0 Å². The van der Waals surface area contributed by atoms with Gasteiger partial charge in [0.05, 0.1) is 18.8 Å². The van der Waals surface area contributed by atoms with Crippen LogP contribution in [0.5, 0.6) is 0 Å². The first-order valence-electron chi connectivity index (χ1n) is 18.2. The number of benzene rings is 3. The number of nitrogens with one attached hydrogen (secondary N) is 1. The number of alkyl halides is 3. The second-order valence-electron chi connectivity index (χ2n) is 14.1. The number of aliphatic hydroxyl groups is 1. The normalized spacial score (nSPS) is 24.9. The monoisotopic (exact) mass is 707 g/mol. The fourth-order valence-electron chi connectivity index (χ4n) is 7.56. The van der Waals surface area contributed by atoms with Gasteiger partial charge in [-0.15, -0.1) is 0 Å². The summed E-state index contributed by atoms with van der Waals surface area (Å²) < 4.78 is 52.7. The van der Waals surface area contributed by atoms with Crippen LogP contribution < -0.4 is 5.32 Å². The van der Waals surface area contributed by atoms with Crippen molar-refractivity contribution in [1.82, 2.24) is 15.1 Å². The third-order valence-corrected chi connectivity index (χ3v) is 10.5. The van der Waals surface area contributed by atoms with E-state index >= 15 is 0 Å².